The van der Waals surface area contributed by atoms with Crippen molar-refractivity contribution in [3.63, 3.8) is 0 Å². The van der Waals surface area contributed by atoms with Gasteiger partial charge in [-0.05, 0) is 47.6 Å². The van der Waals surface area contributed by atoms with Crippen molar-refractivity contribution in [1.82, 2.24) is 9.88 Å². The second-order valence-corrected chi connectivity index (χ2v) is 8.77. The lowest BCUT2D eigenvalue weighted by Crippen LogP contribution is -2.42. The van der Waals surface area contributed by atoms with Crippen LogP contribution in [-0.4, -0.2) is 28.2 Å². The predicted molar refractivity (Wildman–Crippen MR) is 130 cm³/mol. The van der Waals surface area contributed by atoms with E-state index in [1.807, 2.05) is 56.4 Å². The largest absolute Gasteiger partial charge is 0.368 e. The molecule has 0 aliphatic heterocycles. The minimum Gasteiger partial charge on any atom is -0.368 e. The molecule has 0 saturated heterocycles. The van der Waals surface area contributed by atoms with Crippen molar-refractivity contribution in [3.8, 4) is 22.3 Å². The van der Waals surface area contributed by atoms with Gasteiger partial charge in [0.2, 0.25) is 11.8 Å². The Morgan fingerprint density at radius 1 is 0.879 bits per heavy atom. The third kappa shape index (κ3) is 6.42. The lowest BCUT2D eigenvalue weighted by atomic mass is 10.0. The molecule has 2 unspecified atom stereocenters. The first-order valence-corrected chi connectivity index (χ1v) is 11.2. The summed E-state index contributed by atoms with van der Waals surface area (Å²) < 4.78 is 1.66. The Morgan fingerprint density at radius 3 is 2.00 bits per heavy atom. The number of carbonyl (C=O) groups is 3. The number of nitrogens with two attached hydrogens (primary N) is 1. The van der Waals surface area contributed by atoms with Gasteiger partial charge in [-0.3, -0.25) is 14.4 Å². The van der Waals surface area contributed by atoms with Gasteiger partial charge in [0.1, 0.15) is 6.04 Å². The number of carbonyl (C=O) groups excluding carboxylic acids is 3. The van der Waals surface area contributed by atoms with Gasteiger partial charge in [-0.25, -0.2) is 0 Å². The Bertz CT molecular complexity index is 1100. The van der Waals surface area contributed by atoms with Gasteiger partial charge in [-0.2, -0.15) is 0 Å². The van der Waals surface area contributed by atoms with Crippen molar-refractivity contribution in [2.75, 3.05) is 0 Å². The lowest BCUT2D eigenvalue weighted by molar-refractivity contribution is -0.130. The summed E-state index contributed by atoms with van der Waals surface area (Å²) in [4.78, 5) is 36.6. The summed E-state index contributed by atoms with van der Waals surface area (Å²) in [5.41, 5.74) is 9.79. The predicted octanol–water partition coefficient (Wildman–Crippen LogP) is 4.36. The third-order valence-electron chi connectivity index (χ3n) is 5.64. The fourth-order valence-electron chi connectivity index (χ4n) is 3.84. The number of amides is 2. The van der Waals surface area contributed by atoms with Gasteiger partial charge in [0.25, 0.3) is 0 Å². The SMILES string of the molecule is CC(=O)C(CC(C)C)NC(=O)CC(C(N)=O)n1ccc(-c2ccc(-c3ccccc3)cc2)c1. The highest BCUT2D eigenvalue weighted by Gasteiger charge is 2.24. The number of nitrogens with zero attached hydrogens (tertiary/aromatic N) is 1. The topological polar surface area (TPSA) is 94.2 Å². The standard InChI is InChI=1S/C27H31N3O3/c1-18(2)15-24(19(3)31)29-26(32)16-25(27(28)33)30-14-13-23(17-30)22-11-9-21(10-12-22)20-7-5-4-6-8-20/h4-14,17-18,24-25H,15-16H2,1-3H3,(H2,28,33)(H,29,32). The summed E-state index contributed by atoms with van der Waals surface area (Å²) in [6.45, 7) is 5.43. The number of benzene rings is 2. The van der Waals surface area contributed by atoms with Crippen LogP contribution in [0.1, 0.15) is 39.7 Å². The number of primary amides is 1. The Hall–Kier alpha value is -3.67. The maximum absolute atomic E-state index is 12.6. The second-order valence-electron chi connectivity index (χ2n) is 8.77. The third-order valence-corrected chi connectivity index (χ3v) is 5.64. The van der Waals surface area contributed by atoms with E-state index in [1.54, 1.807) is 10.8 Å². The number of rotatable bonds is 10. The maximum atomic E-state index is 12.6. The van der Waals surface area contributed by atoms with Crippen molar-refractivity contribution in [3.05, 3.63) is 73.1 Å². The van der Waals surface area contributed by atoms with E-state index >= 15 is 0 Å². The molecule has 6 heteroatoms. The van der Waals surface area contributed by atoms with Gasteiger partial charge in [-0.1, -0.05) is 68.4 Å². The zero-order chi connectivity index (χ0) is 24.0. The average Bonchev–Trinajstić information content (AvgIpc) is 3.27. The highest BCUT2D eigenvalue weighted by Crippen LogP contribution is 2.26. The summed E-state index contributed by atoms with van der Waals surface area (Å²) in [6.07, 6.45) is 3.99. The normalized spacial score (nSPS) is 12.8. The van der Waals surface area contributed by atoms with E-state index in [0.29, 0.717) is 6.42 Å². The van der Waals surface area contributed by atoms with Crippen LogP contribution in [0.3, 0.4) is 0 Å². The van der Waals surface area contributed by atoms with E-state index in [4.69, 9.17) is 5.73 Å². The van der Waals surface area contributed by atoms with Crippen LogP contribution in [0.4, 0.5) is 0 Å². The summed E-state index contributed by atoms with van der Waals surface area (Å²) in [6, 6.07) is 18.8. The first-order valence-electron chi connectivity index (χ1n) is 11.2. The summed E-state index contributed by atoms with van der Waals surface area (Å²) in [5, 5.41) is 2.75. The van der Waals surface area contributed by atoms with Crippen LogP contribution < -0.4 is 11.1 Å². The van der Waals surface area contributed by atoms with Gasteiger partial charge in [0, 0.05) is 12.4 Å². The van der Waals surface area contributed by atoms with Crippen LogP contribution in [0.15, 0.2) is 73.1 Å². The number of aromatic nitrogens is 1. The number of Topliss-reactive ketones (excluding diaryl/α,β-unsaturated/α-hetero) is 1. The zero-order valence-electron chi connectivity index (χ0n) is 19.3. The summed E-state index contributed by atoms with van der Waals surface area (Å²) >= 11 is 0. The van der Waals surface area contributed by atoms with Crippen molar-refractivity contribution < 1.29 is 14.4 Å². The molecule has 0 radical (unpaired) electrons. The molecule has 2 amide bonds. The maximum Gasteiger partial charge on any atom is 0.241 e. The number of hydrogen-bond acceptors (Lipinski definition) is 3. The molecule has 2 atom stereocenters. The molecule has 3 N–H and O–H groups in total. The minimum absolute atomic E-state index is 0.102. The monoisotopic (exact) mass is 445 g/mol. The molecule has 172 valence electrons. The van der Waals surface area contributed by atoms with Gasteiger partial charge in [-0.15, -0.1) is 0 Å². The zero-order valence-corrected chi connectivity index (χ0v) is 19.3. The molecular weight excluding hydrogens is 414 g/mol. The van der Waals surface area contributed by atoms with Crippen molar-refractivity contribution in [2.45, 2.75) is 45.7 Å². The van der Waals surface area contributed by atoms with E-state index in [0.717, 1.165) is 22.3 Å². The molecule has 0 fully saturated rings. The van der Waals surface area contributed by atoms with Crippen LogP contribution in [-0.2, 0) is 14.4 Å². The van der Waals surface area contributed by atoms with E-state index in [-0.39, 0.29) is 24.0 Å². The fourth-order valence-corrected chi connectivity index (χ4v) is 3.84. The lowest BCUT2D eigenvalue weighted by Gasteiger charge is -2.20. The van der Waals surface area contributed by atoms with E-state index in [2.05, 4.69) is 29.6 Å². The first kappa shape index (κ1) is 24.0. The Labute approximate surface area is 194 Å². The highest BCUT2D eigenvalue weighted by atomic mass is 16.2. The number of ketones is 1. The minimum atomic E-state index is -0.839. The molecule has 0 aliphatic carbocycles. The Morgan fingerprint density at radius 2 is 1.45 bits per heavy atom. The van der Waals surface area contributed by atoms with Gasteiger partial charge in [0.15, 0.2) is 5.78 Å². The van der Waals surface area contributed by atoms with Gasteiger partial charge < -0.3 is 15.6 Å². The molecule has 6 nitrogen and oxygen atoms in total. The van der Waals surface area contributed by atoms with Crippen molar-refractivity contribution in [1.29, 1.82) is 0 Å². The first-order chi connectivity index (χ1) is 15.7. The van der Waals surface area contributed by atoms with Crippen LogP contribution in [0.5, 0.6) is 0 Å². The molecule has 0 spiro atoms. The van der Waals surface area contributed by atoms with Crippen LogP contribution in [0.2, 0.25) is 0 Å². The molecule has 33 heavy (non-hydrogen) atoms. The fraction of sp³-hybridized carbons (Fsp3) is 0.296. The molecule has 0 bridgehead atoms. The summed E-state index contributed by atoms with van der Waals surface area (Å²) in [5.74, 6) is -0.821. The molecule has 0 aliphatic rings. The molecule has 1 heterocycles. The van der Waals surface area contributed by atoms with E-state index in [1.165, 1.54) is 6.92 Å². The number of hydrogen-bond donors (Lipinski definition) is 2. The summed E-state index contributed by atoms with van der Waals surface area (Å²) in [7, 11) is 0. The van der Waals surface area contributed by atoms with Gasteiger partial charge in [0.05, 0.1) is 12.5 Å². The van der Waals surface area contributed by atoms with E-state index in [9.17, 15) is 14.4 Å². The van der Waals surface area contributed by atoms with Crippen molar-refractivity contribution in [2.24, 2.45) is 11.7 Å². The van der Waals surface area contributed by atoms with E-state index < -0.39 is 18.0 Å². The smallest absolute Gasteiger partial charge is 0.241 e. The van der Waals surface area contributed by atoms with Crippen LogP contribution >= 0.6 is 0 Å². The number of nitrogens with one attached hydrogen (secondary N) is 1. The van der Waals surface area contributed by atoms with Crippen LogP contribution in [0, 0.1) is 5.92 Å². The quantitative estimate of drug-likeness (QED) is 0.485. The molecule has 3 rings (SSSR count). The molecular formula is C27H31N3O3. The molecule has 3 aromatic rings. The second kappa shape index (κ2) is 10.8. The highest BCUT2D eigenvalue weighted by molar-refractivity contribution is 5.90. The Kier molecular flexibility index (Phi) is 7.83. The molecule has 1 aromatic heterocycles. The van der Waals surface area contributed by atoms with Crippen molar-refractivity contribution >= 4 is 17.6 Å². The Balaban J connectivity index is 1.73. The molecule has 2 aromatic carbocycles. The van der Waals surface area contributed by atoms with Crippen LogP contribution in [0.25, 0.3) is 22.3 Å². The molecule has 0 saturated carbocycles. The van der Waals surface area contributed by atoms with Gasteiger partial charge >= 0.3 is 0 Å². The average molecular weight is 446 g/mol.